The van der Waals surface area contributed by atoms with Crippen molar-refractivity contribution in [2.24, 2.45) is 0 Å². The first kappa shape index (κ1) is 14.4. The van der Waals surface area contributed by atoms with E-state index in [4.69, 9.17) is 4.74 Å². The first-order valence-electron chi connectivity index (χ1n) is 7.37. The Morgan fingerprint density at radius 2 is 1.89 bits per heavy atom. The molecule has 3 nitrogen and oxygen atoms in total. The van der Waals surface area contributed by atoms with Crippen LogP contribution in [0.25, 0.3) is 0 Å². The molecule has 106 valence electrons. The van der Waals surface area contributed by atoms with Crippen LogP contribution >= 0.6 is 0 Å². The Morgan fingerprint density at radius 3 is 2.53 bits per heavy atom. The van der Waals surface area contributed by atoms with Crippen molar-refractivity contribution in [1.82, 2.24) is 10.2 Å². The van der Waals surface area contributed by atoms with Crippen LogP contribution in [0.3, 0.4) is 0 Å². The SMILES string of the molecule is COc1ccc(CCCC(C)N2CCNCC2)cc1. The van der Waals surface area contributed by atoms with Crippen LogP contribution in [0.15, 0.2) is 24.3 Å². The quantitative estimate of drug-likeness (QED) is 0.851. The van der Waals surface area contributed by atoms with Crippen molar-refractivity contribution in [3.63, 3.8) is 0 Å². The van der Waals surface area contributed by atoms with Gasteiger partial charge in [0.1, 0.15) is 5.75 Å². The van der Waals surface area contributed by atoms with Crippen molar-refractivity contribution in [2.75, 3.05) is 33.3 Å². The highest BCUT2D eigenvalue weighted by Gasteiger charge is 2.15. The summed E-state index contributed by atoms with van der Waals surface area (Å²) in [4.78, 5) is 2.60. The van der Waals surface area contributed by atoms with Crippen molar-refractivity contribution in [3.05, 3.63) is 29.8 Å². The Balaban J connectivity index is 1.69. The third kappa shape index (κ3) is 4.51. The number of rotatable bonds is 6. The molecule has 19 heavy (non-hydrogen) atoms. The summed E-state index contributed by atoms with van der Waals surface area (Å²) in [6.45, 7) is 7.04. The molecule has 0 saturated carbocycles. The van der Waals surface area contributed by atoms with Crippen LogP contribution in [0.1, 0.15) is 25.3 Å². The summed E-state index contributed by atoms with van der Waals surface area (Å²) in [5.74, 6) is 0.943. The molecule has 1 aliphatic heterocycles. The highest BCUT2D eigenvalue weighted by Crippen LogP contribution is 2.15. The largest absolute Gasteiger partial charge is 0.497 e. The minimum absolute atomic E-state index is 0.709. The smallest absolute Gasteiger partial charge is 0.118 e. The van der Waals surface area contributed by atoms with Gasteiger partial charge in [0.25, 0.3) is 0 Å². The van der Waals surface area contributed by atoms with Crippen LogP contribution in [0.5, 0.6) is 5.75 Å². The van der Waals surface area contributed by atoms with Crippen molar-refractivity contribution < 1.29 is 4.74 Å². The van der Waals surface area contributed by atoms with E-state index in [0.717, 1.165) is 18.8 Å². The molecule has 1 fully saturated rings. The second-order valence-electron chi connectivity index (χ2n) is 5.38. The molecule has 1 N–H and O–H groups in total. The van der Waals surface area contributed by atoms with Crippen LogP contribution in [0.4, 0.5) is 0 Å². The third-order valence-electron chi connectivity index (χ3n) is 4.02. The Bertz CT molecular complexity index is 358. The van der Waals surface area contributed by atoms with Gasteiger partial charge >= 0.3 is 0 Å². The second kappa shape index (κ2) is 7.51. The number of nitrogens with zero attached hydrogens (tertiary/aromatic N) is 1. The average molecular weight is 262 g/mol. The highest BCUT2D eigenvalue weighted by atomic mass is 16.5. The molecule has 1 aromatic carbocycles. The molecule has 1 atom stereocenters. The normalized spacial score (nSPS) is 18.2. The van der Waals surface area contributed by atoms with Gasteiger partial charge in [-0.15, -0.1) is 0 Å². The van der Waals surface area contributed by atoms with Crippen LogP contribution in [-0.2, 0) is 6.42 Å². The first-order valence-corrected chi connectivity index (χ1v) is 7.37. The lowest BCUT2D eigenvalue weighted by atomic mass is 10.0. The number of piperazine rings is 1. The monoisotopic (exact) mass is 262 g/mol. The lowest BCUT2D eigenvalue weighted by molar-refractivity contribution is 0.174. The maximum absolute atomic E-state index is 5.18. The van der Waals surface area contributed by atoms with Gasteiger partial charge in [-0.3, -0.25) is 4.90 Å². The van der Waals surface area contributed by atoms with Gasteiger partial charge in [0.2, 0.25) is 0 Å². The molecule has 3 heteroatoms. The van der Waals surface area contributed by atoms with Gasteiger partial charge < -0.3 is 10.1 Å². The number of methoxy groups -OCH3 is 1. The van der Waals surface area contributed by atoms with E-state index < -0.39 is 0 Å². The number of hydrogen-bond donors (Lipinski definition) is 1. The van der Waals surface area contributed by atoms with Gasteiger partial charge in [0.05, 0.1) is 7.11 Å². The fourth-order valence-corrected chi connectivity index (χ4v) is 2.70. The molecule has 1 aromatic rings. The third-order valence-corrected chi connectivity index (χ3v) is 4.02. The lowest BCUT2D eigenvalue weighted by Gasteiger charge is -2.32. The van der Waals surface area contributed by atoms with E-state index in [1.54, 1.807) is 7.11 Å². The number of nitrogens with one attached hydrogen (secondary N) is 1. The van der Waals surface area contributed by atoms with E-state index in [0.29, 0.717) is 6.04 Å². The Hall–Kier alpha value is -1.06. The van der Waals surface area contributed by atoms with E-state index in [1.807, 2.05) is 0 Å². The molecular formula is C16H26N2O. The molecule has 0 aliphatic carbocycles. The van der Waals surface area contributed by atoms with Crippen LogP contribution in [-0.4, -0.2) is 44.2 Å². The molecule has 0 radical (unpaired) electrons. The molecule has 0 bridgehead atoms. The Kier molecular flexibility index (Phi) is 5.67. The summed E-state index contributed by atoms with van der Waals surface area (Å²) < 4.78 is 5.18. The van der Waals surface area contributed by atoms with Gasteiger partial charge in [-0.05, 0) is 43.9 Å². The fourth-order valence-electron chi connectivity index (χ4n) is 2.70. The Labute approximate surface area is 116 Å². The van der Waals surface area contributed by atoms with Crippen LogP contribution < -0.4 is 10.1 Å². The fraction of sp³-hybridized carbons (Fsp3) is 0.625. The van der Waals surface area contributed by atoms with Crippen molar-refractivity contribution in [1.29, 1.82) is 0 Å². The molecule has 1 saturated heterocycles. The topological polar surface area (TPSA) is 24.5 Å². The maximum atomic E-state index is 5.18. The summed E-state index contributed by atoms with van der Waals surface area (Å²) >= 11 is 0. The molecule has 0 spiro atoms. The molecular weight excluding hydrogens is 236 g/mol. The summed E-state index contributed by atoms with van der Waals surface area (Å²) in [6.07, 6.45) is 3.71. The zero-order chi connectivity index (χ0) is 13.5. The van der Waals surface area contributed by atoms with Crippen LogP contribution in [0.2, 0.25) is 0 Å². The molecule has 0 amide bonds. The average Bonchev–Trinajstić information content (AvgIpc) is 2.49. The van der Waals surface area contributed by atoms with Gasteiger partial charge in [-0.1, -0.05) is 12.1 Å². The van der Waals surface area contributed by atoms with Gasteiger partial charge in [-0.25, -0.2) is 0 Å². The number of hydrogen-bond acceptors (Lipinski definition) is 3. The van der Waals surface area contributed by atoms with Gasteiger partial charge in [0, 0.05) is 32.2 Å². The summed E-state index contributed by atoms with van der Waals surface area (Å²) in [5.41, 5.74) is 1.41. The Morgan fingerprint density at radius 1 is 1.21 bits per heavy atom. The molecule has 0 aromatic heterocycles. The van der Waals surface area contributed by atoms with Crippen molar-refractivity contribution in [2.45, 2.75) is 32.2 Å². The number of benzene rings is 1. The van der Waals surface area contributed by atoms with Crippen molar-refractivity contribution in [3.8, 4) is 5.75 Å². The van der Waals surface area contributed by atoms with E-state index in [9.17, 15) is 0 Å². The molecule has 2 rings (SSSR count). The summed E-state index contributed by atoms with van der Waals surface area (Å²) in [6, 6.07) is 9.16. The predicted molar refractivity (Wildman–Crippen MR) is 79.8 cm³/mol. The zero-order valence-corrected chi connectivity index (χ0v) is 12.2. The van der Waals surface area contributed by atoms with E-state index >= 15 is 0 Å². The lowest BCUT2D eigenvalue weighted by Crippen LogP contribution is -2.47. The van der Waals surface area contributed by atoms with Crippen molar-refractivity contribution >= 4 is 0 Å². The predicted octanol–water partition coefficient (Wildman–Crippen LogP) is 2.31. The molecule has 1 aliphatic rings. The van der Waals surface area contributed by atoms with Gasteiger partial charge in [-0.2, -0.15) is 0 Å². The second-order valence-corrected chi connectivity index (χ2v) is 5.38. The minimum atomic E-state index is 0.709. The highest BCUT2D eigenvalue weighted by molar-refractivity contribution is 5.27. The number of ether oxygens (including phenoxy) is 1. The van der Waals surface area contributed by atoms with E-state index in [2.05, 4.69) is 41.4 Å². The minimum Gasteiger partial charge on any atom is -0.497 e. The summed E-state index contributed by atoms with van der Waals surface area (Å²) in [7, 11) is 1.71. The number of aryl methyl sites for hydroxylation is 1. The molecule has 1 unspecified atom stereocenters. The zero-order valence-electron chi connectivity index (χ0n) is 12.2. The summed E-state index contributed by atoms with van der Waals surface area (Å²) in [5, 5.41) is 3.41. The van der Waals surface area contributed by atoms with E-state index in [-0.39, 0.29) is 0 Å². The van der Waals surface area contributed by atoms with Gasteiger partial charge in [0.15, 0.2) is 0 Å². The first-order chi connectivity index (χ1) is 9.29. The molecule has 1 heterocycles. The van der Waals surface area contributed by atoms with E-state index in [1.165, 1.54) is 37.9 Å². The maximum Gasteiger partial charge on any atom is 0.118 e. The standard InChI is InChI=1S/C16H26N2O/c1-14(18-12-10-17-11-13-18)4-3-5-15-6-8-16(19-2)9-7-15/h6-9,14,17H,3-5,10-13H2,1-2H3. The van der Waals surface area contributed by atoms with Crippen LogP contribution in [0, 0.1) is 0 Å².